The number of ether oxygens (including phenoxy) is 4. The van der Waals surface area contributed by atoms with Crippen LogP contribution in [-0.4, -0.2) is 90.1 Å². The molecule has 6 aromatic rings. The average Bonchev–Trinajstić information content (AvgIpc) is 3.96. The molecule has 59 heavy (non-hydrogen) atoms. The van der Waals surface area contributed by atoms with Crippen LogP contribution >= 0.6 is 0 Å². The van der Waals surface area contributed by atoms with Gasteiger partial charge in [0.05, 0.1) is 48.3 Å². The number of nitrogens with zero attached hydrogens (tertiary/aromatic N) is 8. The maximum absolute atomic E-state index is 9.85. The first-order valence-corrected chi connectivity index (χ1v) is 21.7. The fourth-order valence-electron chi connectivity index (χ4n) is 8.30. The first kappa shape index (κ1) is 37.2. The summed E-state index contributed by atoms with van der Waals surface area (Å²) in [5, 5.41) is 13.0. The molecule has 0 fully saturated rings. The van der Waals surface area contributed by atoms with Gasteiger partial charge in [-0.2, -0.15) is 0 Å². The van der Waals surface area contributed by atoms with Gasteiger partial charge in [0, 0.05) is 35.1 Å². The topological polar surface area (TPSA) is 150 Å². The molecular weight excluding hydrogens is 764 g/mol. The molecule has 296 valence electrons. The highest BCUT2D eigenvalue weighted by molar-refractivity contribution is 6.51. The van der Waals surface area contributed by atoms with E-state index in [1.165, 1.54) is 0 Å². The molecule has 0 radical (unpaired) electrons. The molecule has 14 nitrogen and oxygen atoms in total. The number of unbranched alkanes of at least 4 members (excludes halogenated alkanes) is 1. The monoisotopic (exact) mass is 804 g/mol. The van der Waals surface area contributed by atoms with Crippen molar-refractivity contribution in [2.24, 2.45) is 30.0 Å². The lowest BCUT2D eigenvalue weighted by molar-refractivity contribution is 0.248. The molecule has 2 aromatic heterocycles. The highest BCUT2D eigenvalue weighted by atomic mass is 27.2. The molecule has 0 saturated heterocycles. The minimum atomic E-state index is -3.15. The summed E-state index contributed by atoms with van der Waals surface area (Å²) >= 11 is -3.15. The summed E-state index contributed by atoms with van der Waals surface area (Å²) in [5.74, 6) is 5.61. The van der Waals surface area contributed by atoms with Crippen molar-refractivity contribution in [2.45, 2.75) is 40.5 Å². The van der Waals surface area contributed by atoms with Crippen LogP contribution in [0.15, 0.2) is 103 Å². The number of fused-ring (bicyclic) bond motifs is 14. The molecule has 6 bridgehead atoms. The van der Waals surface area contributed by atoms with Crippen molar-refractivity contribution in [2.75, 3.05) is 39.6 Å². The zero-order chi connectivity index (χ0) is 40.2. The quantitative estimate of drug-likeness (QED) is 0.107. The number of aliphatic hydroxyl groups is 1. The Kier molecular flexibility index (Phi) is 9.61. The van der Waals surface area contributed by atoms with Gasteiger partial charge >= 0.3 is 14.9 Å². The molecule has 15 heteroatoms. The molecule has 4 aliphatic heterocycles. The molecule has 1 N–H and O–H groups in total. The molecule has 0 atom stereocenters. The number of benzene rings is 4. The summed E-state index contributed by atoms with van der Waals surface area (Å²) < 4.78 is 36.7. The normalized spacial score (nSPS) is 14.4. The van der Waals surface area contributed by atoms with Gasteiger partial charge in [0.25, 0.3) is 0 Å². The number of aliphatic imine (C=N–C) groups is 4. The third-order valence-corrected chi connectivity index (χ3v) is 13.0. The number of aliphatic hydroxyl groups excluding tert-OH is 1. The Balaban J connectivity index is 1.46. The van der Waals surface area contributed by atoms with Crippen LogP contribution in [-0.2, 0) is 3.79 Å². The summed E-state index contributed by atoms with van der Waals surface area (Å²) in [6.45, 7) is 10.0. The number of hydrogen-bond donors (Lipinski definition) is 1. The molecule has 0 spiro atoms. The minimum absolute atomic E-state index is 0.0469. The predicted molar refractivity (Wildman–Crippen MR) is 228 cm³/mol. The smallest absolute Gasteiger partial charge is 0.493 e. The van der Waals surface area contributed by atoms with Gasteiger partial charge in [0.15, 0.2) is 23.3 Å². The van der Waals surface area contributed by atoms with E-state index in [9.17, 15) is 5.11 Å². The first-order valence-electron chi connectivity index (χ1n) is 20.2. The van der Waals surface area contributed by atoms with Crippen molar-refractivity contribution in [3.05, 3.63) is 106 Å². The molecule has 10 rings (SSSR count). The van der Waals surface area contributed by atoms with Gasteiger partial charge < -0.3 is 34.9 Å². The minimum Gasteiger partial charge on any atom is -0.493 e. The molecule has 0 unspecified atom stereocenters. The van der Waals surface area contributed by atoms with E-state index in [1.807, 2.05) is 100 Å². The molecule has 0 saturated carbocycles. The molecule has 0 aliphatic carbocycles. The van der Waals surface area contributed by atoms with Gasteiger partial charge in [0.1, 0.15) is 45.6 Å². The summed E-state index contributed by atoms with van der Waals surface area (Å²) in [7, 11) is 0. The van der Waals surface area contributed by atoms with Crippen LogP contribution in [0.5, 0.6) is 23.0 Å². The zero-order valence-electron chi connectivity index (χ0n) is 33.2. The van der Waals surface area contributed by atoms with Gasteiger partial charge in [0.2, 0.25) is 0 Å². The van der Waals surface area contributed by atoms with E-state index >= 15 is 0 Å². The summed E-state index contributed by atoms with van der Waals surface area (Å²) in [5.41, 5.74) is 4.22. The van der Waals surface area contributed by atoms with Crippen LogP contribution in [0.4, 0.5) is 11.6 Å². The summed E-state index contributed by atoms with van der Waals surface area (Å²) in [6.07, 6.45) is 1.19. The van der Waals surface area contributed by atoms with E-state index in [1.54, 1.807) is 0 Å². The Morgan fingerprint density at radius 3 is 1.69 bits per heavy atom. The van der Waals surface area contributed by atoms with Crippen molar-refractivity contribution >= 4 is 71.4 Å². The third kappa shape index (κ3) is 5.91. The number of rotatable bonds is 13. The van der Waals surface area contributed by atoms with E-state index in [-0.39, 0.29) is 6.61 Å². The fourth-order valence-corrected chi connectivity index (χ4v) is 10.8. The summed E-state index contributed by atoms with van der Waals surface area (Å²) in [6, 6.07) is 23.7. The summed E-state index contributed by atoms with van der Waals surface area (Å²) in [4.78, 5) is 32.3. The predicted octanol–water partition coefficient (Wildman–Crippen LogP) is 6.30. The molecule has 4 aromatic carbocycles. The highest BCUT2D eigenvalue weighted by Crippen LogP contribution is 2.46. The van der Waals surface area contributed by atoms with Gasteiger partial charge in [-0.25, -0.2) is 30.0 Å². The van der Waals surface area contributed by atoms with Crippen LogP contribution < -0.4 is 29.9 Å². The second kappa shape index (κ2) is 15.2. The van der Waals surface area contributed by atoms with Crippen LogP contribution in [0, 0.1) is 0 Å². The SMILES string of the molecule is CCOc1cccc2c1C1=NC2=Nc2c3c(OCC)cccc3c3[n]2[Al]([O]CCCCO)[n]2c(c4cccc(OCC)c4c2=NC2=NC(=N3)c3c(OCC)cccc32)=N1. The van der Waals surface area contributed by atoms with Crippen molar-refractivity contribution < 1.29 is 27.8 Å². The molecular formula is C44H41AlN8O6. The largest absolute Gasteiger partial charge is 0.809 e. The van der Waals surface area contributed by atoms with Gasteiger partial charge in [-0.05, 0) is 64.8 Å². The zero-order valence-corrected chi connectivity index (χ0v) is 34.4. The van der Waals surface area contributed by atoms with E-state index in [2.05, 4.69) is 7.10 Å². The number of hydrogen-bond acceptors (Lipinski definition) is 12. The molecule has 0 amide bonds. The standard InChI is InChI=1S/C40H32N8O4.C4H9O2.Al/c1-5-49-25-17-9-13-21-29(25)37-41-33(21)46-38-31-23(15-11-19-27(31)51-7-3)35(43-38)48-40-32-24(16-12-20-28(32)52-8-4)36(44-40)47-39-30-22(34(42-39)45-37)14-10-18-26(30)50-6-2;5-3-1-2-4-6;/h9-20H,5-8H2,1-4H3;5H,1-4H2;/q-2;-1;+3. The van der Waals surface area contributed by atoms with Crippen molar-refractivity contribution in [3.63, 3.8) is 0 Å². The van der Waals surface area contributed by atoms with Crippen molar-refractivity contribution in [1.82, 2.24) is 7.10 Å². The number of amidine groups is 4. The van der Waals surface area contributed by atoms with Gasteiger partial charge in [-0.3, -0.25) is 0 Å². The van der Waals surface area contributed by atoms with Crippen molar-refractivity contribution in [1.29, 1.82) is 0 Å². The van der Waals surface area contributed by atoms with Gasteiger partial charge in [-0.1, -0.05) is 48.5 Å². The van der Waals surface area contributed by atoms with E-state index in [4.69, 9.17) is 52.7 Å². The second-order valence-corrected chi connectivity index (χ2v) is 16.1. The van der Waals surface area contributed by atoms with Crippen LogP contribution in [0.1, 0.15) is 62.8 Å². The van der Waals surface area contributed by atoms with Crippen LogP contribution in [0.25, 0.3) is 21.5 Å². The lowest BCUT2D eigenvalue weighted by atomic mass is 10.1. The molecule has 6 heterocycles. The Bertz CT molecular complexity index is 2960. The Morgan fingerprint density at radius 1 is 0.508 bits per heavy atom. The average molecular weight is 805 g/mol. The third-order valence-electron chi connectivity index (χ3n) is 10.6. The Labute approximate surface area is 344 Å². The Morgan fingerprint density at radius 2 is 1.03 bits per heavy atom. The lowest BCUT2D eigenvalue weighted by Crippen LogP contribution is -2.48. The van der Waals surface area contributed by atoms with E-state index < -0.39 is 14.9 Å². The van der Waals surface area contributed by atoms with E-state index in [0.29, 0.717) is 115 Å². The van der Waals surface area contributed by atoms with Crippen LogP contribution in [0.2, 0.25) is 0 Å². The Hall–Kier alpha value is -6.11. The lowest BCUT2D eigenvalue weighted by Gasteiger charge is -2.19. The van der Waals surface area contributed by atoms with Crippen molar-refractivity contribution in [3.8, 4) is 23.0 Å². The number of aromatic nitrogens is 2. The fraction of sp³-hybridized carbons (Fsp3) is 0.273. The van der Waals surface area contributed by atoms with E-state index in [0.717, 1.165) is 43.8 Å². The highest BCUT2D eigenvalue weighted by Gasteiger charge is 2.43. The van der Waals surface area contributed by atoms with Gasteiger partial charge in [-0.15, -0.1) is 0 Å². The maximum atomic E-state index is 9.85. The maximum Gasteiger partial charge on any atom is 0.809 e. The first-order chi connectivity index (χ1) is 29.1. The van der Waals surface area contributed by atoms with Crippen LogP contribution in [0.3, 0.4) is 0 Å². The second-order valence-electron chi connectivity index (χ2n) is 14.1. The molecule has 4 aliphatic rings.